The molecular weight excluding hydrogens is 315 g/mol. The molecule has 22 heavy (non-hydrogen) atoms. The molecule has 0 saturated carbocycles. The SMILES string of the molecule is [C-]#[N+]C(c1cc(F)c(F)c(F)c1)S(=O)(=O)c1ccc(C)cc1. The molecule has 2 aromatic rings. The third kappa shape index (κ3) is 2.83. The fourth-order valence-electron chi connectivity index (χ4n) is 1.90. The maximum Gasteiger partial charge on any atom is 0.350 e. The lowest BCUT2D eigenvalue weighted by Gasteiger charge is -2.09. The Kier molecular flexibility index (Phi) is 4.24. The van der Waals surface area contributed by atoms with Gasteiger partial charge in [-0.15, -0.1) is 0 Å². The molecule has 0 aliphatic rings. The molecular formula is C15H10F3NO2S. The van der Waals surface area contributed by atoms with Crippen molar-refractivity contribution < 1.29 is 21.6 Å². The molecule has 0 fully saturated rings. The van der Waals surface area contributed by atoms with E-state index in [1.165, 1.54) is 12.1 Å². The maximum atomic E-state index is 13.3. The molecule has 0 aliphatic carbocycles. The largest absolute Gasteiger partial charge is 0.350 e. The molecule has 0 aliphatic heterocycles. The zero-order valence-corrected chi connectivity index (χ0v) is 12.2. The molecule has 2 rings (SSSR count). The molecule has 0 radical (unpaired) electrons. The topological polar surface area (TPSA) is 38.5 Å². The number of hydrogen-bond acceptors (Lipinski definition) is 2. The van der Waals surface area contributed by atoms with Crippen LogP contribution in [0.4, 0.5) is 13.2 Å². The maximum absolute atomic E-state index is 13.3. The second-order valence-corrected chi connectivity index (χ2v) is 6.65. The summed E-state index contributed by atoms with van der Waals surface area (Å²) in [6, 6.07) is 6.73. The van der Waals surface area contributed by atoms with Crippen molar-refractivity contribution in [2.24, 2.45) is 0 Å². The minimum absolute atomic E-state index is 0.149. The Balaban J connectivity index is 2.57. The first-order valence-electron chi connectivity index (χ1n) is 6.09. The molecule has 0 bridgehead atoms. The summed E-state index contributed by atoms with van der Waals surface area (Å²) in [7, 11) is -4.18. The van der Waals surface area contributed by atoms with Crippen molar-refractivity contribution in [2.45, 2.75) is 17.2 Å². The highest BCUT2D eigenvalue weighted by Crippen LogP contribution is 2.31. The third-order valence-corrected chi connectivity index (χ3v) is 4.95. The summed E-state index contributed by atoms with van der Waals surface area (Å²) in [6.07, 6.45) is 0. The van der Waals surface area contributed by atoms with Crippen LogP contribution in [0.15, 0.2) is 41.3 Å². The van der Waals surface area contributed by atoms with Crippen LogP contribution < -0.4 is 0 Å². The molecule has 0 heterocycles. The Labute approximate surface area is 125 Å². The van der Waals surface area contributed by atoms with Gasteiger partial charge in [-0.3, -0.25) is 4.85 Å². The van der Waals surface area contributed by atoms with E-state index >= 15 is 0 Å². The summed E-state index contributed by atoms with van der Waals surface area (Å²) >= 11 is 0. The van der Waals surface area contributed by atoms with E-state index in [0.29, 0.717) is 12.1 Å². The molecule has 114 valence electrons. The Bertz CT molecular complexity index is 832. The smallest absolute Gasteiger partial charge is 0.291 e. The molecule has 7 heteroatoms. The first kappa shape index (κ1) is 16.0. The van der Waals surface area contributed by atoms with E-state index in [1.54, 1.807) is 19.1 Å². The van der Waals surface area contributed by atoms with Gasteiger partial charge in [-0.2, -0.15) is 0 Å². The van der Waals surface area contributed by atoms with Crippen molar-refractivity contribution in [1.29, 1.82) is 0 Å². The van der Waals surface area contributed by atoms with Crippen molar-refractivity contribution in [2.75, 3.05) is 0 Å². The molecule has 0 aromatic heterocycles. The van der Waals surface area contributed by atoms with Crippen molar-refractivity contribution in [3.8, 4) is 0 Å². The van der Waals surface area contributed by atoms with E-state index < -0.39 is 38.2 Å². The predicted octanol–water partition coefficient (Wildman–Crippen LogP) is 3.80. The number of hydrogen-bond donors (Lipinski definition) is 0. The Morgan fingerprint density at radius 1 is 1.05 bits per heavy atom. The van der Waals surface area contributed by atoms with E-state index in [2.05, 4.69) is 4.85 Å². The van der Waals surface area contributed by atoms with E-state index in [0.717, 1.165) is 5.56 Å². The van der Waals surface area contributed by atoms with E-state index in [4.69, 9.17) is 6.57 Å². The molecule has 0 spiro atoms. The van der Waals surface area contributed by atoms with Crippen molar-refractivity contribution in [3.63, 3.8) is 0 Å². The number of aryl methyl sites for hydroxylation is 1. The highest BCUT2D eigenvalue weighted by molar-refractivity contribution is 7.91. The average Bonchev–Trinajstić information content (AvgIpc) is 2.45. The molecule has 1 unspecified atom stereocenters. The molecule has 3 nitrogen and oxygen atoms in total. The van der Waals surface area contributed by atoms with Crippen molar-refractivity contribution >= 4 is 9.84 Å². The van der Waals surface area contributed by atoms with Crippen LogP contribution in [0.5, 0.6) is 0 Å². The van der Waals surface area contributed by atoms with Crippen LogP contribution >= 0.6 is 0 Å². The molecule has 2 aromatic carbocycles. The predicted molar refractivity (Wildman–Crippen MR) is 74.0 cm³/mol. The lowest BCUT2D eigenvalue weighted by molar-refractivity contribution is 0.445. The molecule has 0 amide bonds. The first-order chi connectivity index (χ1) is 10.3. The molecule has 0 N–H and O–H groups in total. The second-order valence-electron chi connectivity index (χ2n) is 4.64. The Morgan fingerprint density at radius 2 is 1.55 bits per heavy atom. The first-order valence-corrected chi connectivity index (χ1v) is 7.63. The van der Waals surface area contributed by atoms with Gasteiger partial charge in [0.2, 0.25) is 0 Å². The normalized spacial score (nSPS) is 12.7. The molecule has 0 saturated heterocycles. The van der Waals surface area contributed by atoms with E-state index in [9.17, 15) is 21.6 Å². The van der Waals surface area contributed by atoms with Gasteiger partial charge in [-0.25, -0.2) is 28.2 Å². The van der Waals surface area contributed by atoms with Gasteiger partial charge < -0.3 is 0 Å². The minimum atomic E-state index is -4.18. The highest BCUT2D eigenvalue weighted by Gasteiger charge is 2.35. The van der Waals surface area contributed by atoms with Gasteiger partial charge in [-0.05, 0) is 31.2 Å². The molecule has 1 atom stereocenters. The summed E-state index contributed by atoms with van der Waals surface area (Å²) in [5, 5.41) is -1.85. The fourth-order valence-corrected chi connectivity index (χ4v) is 3.30. The summed E-state index contributed by atoms with van der Waals surface area (Å²) in [6.45, 7) is 8.80. The van der Waals surface area contributed by atoms with Gasteiger partial charge >= 0.3 is 5.37 Å². The summed E-state index contributed by atoms with van der Waals surface area (Å²) in [5.41, 5.74) is 0.365. The summed E-state index contributed by atoms with van der Waals surface area (Å²) in [5.74, 6) is -4.79. The van der Waals surface area contributed by atoms with Gasteiger partial charge in [0.25, 0.3) is 9.84 Å². The number of nitrogens with zero attached hydrogens (tertiary/aromatic N) is 1. The van der Waals surface area contributed by atoms with Gasteiger partial charge in [-0.1, -0.05) is 17.7 Å². The van der Waals surface area contributed by atoms with Crippen LogP contribution in [0.25, 0.3) is 4.85 Å². The van der Waals surface area contributed by atoms with Crippen LogP contribution in [0, 0.1) is 30.9 Å². The van der Waals surface area contributed by atoms with E-state index in [-0.39, 0.29) is 4.90 Å². The lowest BCUT2D eigenvalue weighted by atomic mass is 10.2. The fraction of sp³-hybridized carbons (Fsp3) is 0.133. The number of sulfone groups is 1. The lowest BCUT2D eigenvalue weighted by Crippen LogP contribution is -2.12. The van der Waals surface area contributed by atoms with Crippen LogP contribution in [-0.4, -0.2) is 8.42 Å². The van der Waals surface area contributed by atoms with Gasteiger partial charge in [0.05, 0.1) is 10.5 Å². The zero-order valence-electron chi connectivity index (χ0n) is 11.3. The minimum Gasteiger partial charge on any atom is -0.291 e. The number of benzene rings is 2. The van der Waals surface area contributed by atoms with Crippen molar-refractivity contribution in [1.82, 2.24) is 0 Å². The van der Waals surface area contributed by atoms with Gasteiger partial charge in [0.1, 0.15) is 0 Å². The van der Waals surface area contributed by atoms with E-state index in [1.807, 2.05) is 0 Å². The Hall–Kier alpha value is -2.33. The monoisotopic (exact) mass is 325 g/mol. The Morgan fingerprint density at radius 3 is 2.00 bits per heavy atom. The van der Waals surface area contributed by atoms with Crippen LogP contribution in [0.1, 0.15) is 16.5 Å². The van der Waals surface area contributed by atoms with Crippen LogP contribution in [0.2, 0.25) is 0 Å². The second kappa shape index (κ2) is 5.81. The van der Waals surface area contributed by atoms with Gasteiger partial charge in [0, 0.05) is 0 Å². The average molecular weight is 325 g/mol. The highest BCUT2D eigenvalue weighted by atomic mass is 32.2. The third-order valence-electron chi connectivity index (χ3n) is 3.05. The van der Waals surface area contributed by atoms with Crippen LogP contribution in [0.3, 0.4) is 0 Å². The summed E-state index contributed by atoms with van der Waals surface area (Å²) in [4.78, 5) is 2.80. The summed E-state index contributed by atoms with van der Waals surface area (Å²) < 4.78 is 64.4. The van der Waals surface area contributed by atoms with Gasteiger partial charge in [0.15, 0.2) is 17.5 Å². The number of halogens is 3. The van der Waals surface area contributed by atoms with Crippen molar-refractivity contribution in [3.05, 3.63) is 76.4 Å². The standard InChI is InChI=1S/C15H10F3NO2S/c1-9-3-5-11(6-4-9)22(20,21)15(19-2)10-7-12(16)14(18)13(17)8-10/h3-8,15H,1H3. The quantitative estimate of drug-likeness (QED) is 0.636. The van der Waals surface area contributed by atoms with Crippen LogP contribution in [-0.2, 0) is 9.84 Å². The zero-order chi connectivity index (χ0) is 16.5. The number of rotatable bonds is 3.